The number of halogens is 4. The number of carbonyl (C=O) groups is 1. The van der Waals surface area contributed by atoms with Gasteiger partial charge in [0.2, 0.25) is 0 Å². The molecule has 0 aromatic heterocycles. The Morgan fingerprint density at radius 3 is 2.55 bits per heavy atom. The maximum Gasteiger partial charge on any atom is 0.264 e. The average Bonchev–Trinajstić information content (AvgIpc) is 3.10. The molecule has 0 saturated carbocycles. The second-order valence-electron chi connectivity index (χ2n) is 7.09. The molecule has 0 radical (unpaired) electrons. The summed E-state index contributed by atoms with van der Waals surface area (Å²) in [7, 11) is 0. The molecule has 1 saturated heterocycles. The van der Waals surface area contributed by atoms with Crippen LogP contribution in [0.5, 0.6) is 5.75 Å². The number of aliphatic imine (C=N–C) groups is 1. The SMILES string of the molecule is Cc1c(Cl)cccc1N=C1NC(=O)/C(=C\c2cc(I)c(OCc3ccc(F)cc3)c(I)c2)S1. The summed E-state index contributed by atoms with van der Waals surface area (Å²) >= 11 is 11.9. The van der Waals surface area contributed by atoms with E-state index < -0.39 is 0 Å². The van der Waals surface area contributed by atoms with Crippen molar-refractivity contribution in [1.29, 1.82) is 0 Å². The van der Waals surface area contributed by atoms with Crippen molar-refractivity contribution < 1.29 is 13.9 Å². The van der Waals surface area contributed by atoms with Crippen LogP contribution in [-0.2, 0) is 11.4 Å². The zero-order valence-electron chi connectivity index (χ0n) is 17.2. The van der Waals surface area contributed by atoms with E-state index >= 15 is 0 Å². The van der Waals surface area contributed by atoms with Crippen LogP contribution in [0, 0.1) is 19.9 Å². The lowest BCUT2D eigenvalue weighted by atomic mass is 10.2. The van der Waals surface area contributed by atoms with Crippen molar-refractivity contribution in [3.05, 3.63) is 94.2 Å². The molecule has 0 spiro atoms. The Morgan fingerprint density at radius 1 is 1.15 bits per heavy atom. The average molecular weight is 705 g/mol. The van der Waals surface area contributed by atoms with E-state index in [9.17, 15) is 9.18 Å². The monoisotopic (exact) mass is 704 g/mol. The van der Waals surface area contributed by atoms with Crippen LogP contribution in [0.25, 0.3) is 6.08 Å². The van der Waals surface area contributed by atoms with E-state index in [4.69, 9.17) is 16.3 Å². The molecule has 168 valence electrons. The molecule has 3 aromatic carbocycles. The van der Waals surface area contributed by atoms with Gasteiger partial charge in [-0.25, -0.2) is 9.38 Å². The fourth-order valence-electron chi connectivity index (χ4n) is 3.00. The maximum atomic E-state index is 13.1. The van der Waals surface area contributed by atoms with Crippen molar-refractivity contribution in [3.63, 3.8) is 0 Å². The highest BCUT2D eigenvalue weighted by molar-refractivity contribution is 14.1. The summed E-state index contributed by atoms with van der Waals surface area (Å²) in [5.74, 6) is 0.287. The standard InChI is InChI=1S/C24H16ClFI2N2O2S/c1-13-17(25)3-2-4-20(13)29-24-30-23(31)21(33-24)11-15-9-18(27)22(19(28)10-15)32-12-14-5-7-16(26)8-6-14/h2-11H,12H2,1H3,(H,29,30,31)/b21-11+. The number of benzene rings is 3. The smallest absolute Gasteiger partial charge is 0.264 e. The molecule has 3 aromatic rings. The van der Waals surface area contributed by atoms with Crippen molar-refractivity contribution in [2.45, 2.75) is 13.5 Å². The van der Waals surface area contributed by atoms with E-state index in [0.29, 0.717) is 21.7 Å². The first-order chi connectivity index (χ1) is 15.8. The molecule has 1 fully saturated rings. The predicted molar refractivity (Wildman–Crippen MR) is 150 cm³/mol. The van der Waals surface area contributed by atoms with Gasteiger partial charge in [-0.1, -0.05) is 29.8 Å². The molecule has 1 aliphatic rings. The number of nitrogens with zero attached hydrogens (tertiary/aromatic N) is 1. The number of hydrogen-bond donors (Lipinski definition) is 1. The first-order valence-electron chi connectivity index (χ1n) is 9.71. The van der Waals surface area contributed by atoms with Crippen LogP contribution in [-0.4, -0.2) is 11.1 Å². The van der Waals surface area contributed by atoms with Gasteiger partial charge >= 0.3 is 0 Å². The zero-order chi connectivity index (χ0) is 23.5. The van der Waals surface area contributed by atoms with Crippen molar-refractivity contribution in [1.82, 2.24) is 5.32 Å². The third-order valence-electron chi connectivity index (χ3n) is 4.73. The highest BCUT2D eigenvalue weighted by Gasteiger charge is 2.24. The fourth-order valence-corrected chi connectivity index (χ4v) is 6.13. The van der Waals surface area contributed by atoms with Gasteiger partial charge in [0.05, 0.1) is 17.7 Å². The van der Waals surface area contributed by atoms with E-state index in [1.807, 2.05) is 43.3 Å². The molecule has 4 nitrogen and oxygen atoms in total. The van der Waals surface area contributed by atoms with Crippen molar-refractivity contribution in [2.24, 2.45) is 4.99 Å². The van der Waals surface area contributed by atoms with Gasteiger partial charge in [-0.15, -0.1) is 0 Å². The second kappa shape index (κ2) is 10.7. The van der Waals surface area contributed by atoms with Crippen LogP contribution in [0.15, 0.2) is 64.5 Å². The van der Waals surface area contributed by atoms with Gasteiger partial charge in [-0.05, 0) is 123 Å². The lowest BCUT2D eigenvalue weighted by molar-refractivity contribution is -0.115. The Labute approximate surface area is 227 Å². The topological polar surface area (TPSA) is 50.7 Å². The highest BCUT2D eigenvalue weighted by atomic mass is 127. The first-order valence-corrected chi connectivity index (χ1v) is 13.1. The number of carbonyl (C=O) groups excluding carboxylic acids is 1. The number of amidine groups is 1. The number of ether oxygens (including phenoxy) is 1. The molecule has 1 aliphatic heterocycles. The molecule has 1 amide bonds. The Morgan fingerprint density at radius 2 is 1.85 bits per heavy atom. The largest absolute Gasteiger partial charge is 0.487 e. The summed E-state index contributed by atoms with van der Waals surface area (Å²) in [5.41, 5.74) is 3.35. The van der Waals surface area contributed by atoms with E-state index in [1.165, 1.54) is 23.9 Å². The molecule has 0 bridgehead atoms. The van der Waals surface area contributed by atoms with Gasteiger partial charge in [0.1, 0.15) is 18.2 Å². The van der Waals surface area contributed by atoms with Gasteiger partial charge in [0.15, 0.2) is 5.17 Å². The molecule has 0 aliphatic carbocycles. The maximum absolute atomic E-state index is 13.1. The van der Waals surface area contributed by atoms with Gasteiger partial charge in [-0.2, -0.15) is 0 Å². The summed E-state index contributed by atoms with van der Waals surface area (Å²) in [5, 5.41) is 3.96. The molecule has 4 rings (SSSR count). The van der Waals surface area contributed by atoms with Crippen molar-refractivity contribution in [3.8, 4) is 5.75 Å². The third kappa shape index (κ3) is 6.09. The lowest BCUT2D eigenvalue weighted by Gasteiger charge is -2.12. The number of rotatable bonds is 5. The van der Waals surface area contributed by atoms with Crippen LogP contribution in [0.2, 0.25) is 5.02 Å². The van der Waals surface area contributed by atoms with Crippen LogP contribution < -0.4 is 10.1 Å². The molecule has 0 unspecified atom stereocenters. The zero-order valence-corrected chi connectivity index (χ0v) is 23.1. The van der Waals surface area contributed by atoms with Gasteiger partial charge in [0, 0.05) is 5.02 Å². The van der Waals surface area contributed by atoms with Crippen LogP contribution in [0.4, 0.5) is 10.1 Å². The summed E-state index contributed by atoms with van der Waals surface area (Å²) in [4.78, 5) is 17.6. The quantitative estimate of drug-likeness (QED) is 0.222. The Balaban J connectivity index is 1.51. The number of nitrogens with one attached hydrogen (secondary N) is 1. The fraction of sp³-hybridized carbons (Fsp3) is 0.0833. The summed E-state index contributed by atoms with van der Waals surface area (Å²) in [6, 6.07) is 15.7. The molecule has 1 N–H and O–H groups in total. The molecule has 9 heteroatoms. The molecule has 33 heavy (non-hydrogen) atoms. The second-order valence-corrected chi connectivity index (χ2v) is 10.9. The third-order valence-corrected chi connectivity index (χ3v) is 7.65. The Hall–Kier alpha value is -1.63. The number of hydrogen-bond acceptors (Lipinski definition) is 4. The van der Waals surface area contributed by atoms with Crippen LogP contribution >= 0.6 is 68.5 Å². The minimum Gasteiger partial charge on any atom is -0.487 e. The van der Waals surface area contributed by atoms with Crippen molar-refractivity contribution >= 4 is 91.4 Å². The molecule has 1 heterocycles. The van der Waals surface area contributed by atoms with Gasteiger partial charge in [-0.3, -0.25) is 4.79 Å². The van der Waals surface area contributed by atoms with E-state index in [0.717, 1.165) is 35.3 Å². The highest BCUT2D eigenvalue weighted by Crippen LogP contribution is 2.34. The lowest BCUT2D eigenvalue weighted by Crippen LogP contribution is -2.19. The van der Waals surface area contributed by atoms with Gasteiger partial charge < -0.3 is 10.1 Å². The van der Waals surface area contributed by atoms with E-state index in [1.54, 1.807) is 12.1 Å². The van der Waals surface area contributed by atoms with E-state index in [-0.39, 0.29) is 11.7 Å². The van der Waals surface area contributed by atoms with Crippen molar-refractivity contribution in [2.75, 3.05) is 0 Å². The van der Waals surface area contributed by atoms with E-state index in [2.05, 4.69) is 55.5 Å². The molecular formula is C24H16ClFI2N2O2S. The molecule has 0 atom stereocenters. The first kappa shape index (κ1) is 24.5. The minimum atomic E-state index is -0.273. The Bertz CT molecular complexity index is 1270. The summed E-state index contributed by atoms with van der Waals surface area (Å²) in [6.07, 6.45) is 1.83. The molecular weight excluding hydrogens is 689 g/mol. The summed E-state index contributed by atoms with van der Waals surface area (Å²) < 4.78 is 20.9. The normalized spacial score (nSPS) is 15.8. The predicted octanol–water partition coefficient (Wildman–Crippen LogP) is 7.47. The van der Waals surface area contributed by atoms with Crippen LogP contribution in [0.1, 0.15) is 16.7 Å². The Kier molecular flexibility index (Phi) is 7.98. The van der Waals surface area contributed by atoms with Crippen LogP contribution in [0.3, 0.4) is 0 Å². The van der Waals surface area contributed by atoms with Gasteiger partial charge in [0.25, 0.3) is 5.91 Å². The number of thioether (sulfide) groups is 1. The summed E-state index contributed by atoms with van der Waals surface area (Å²) in [6.45, 7) is 2.23. The minimum absolute atomic E-state index is 0.194. The number of amides is 1.